The first kappa shape index (κ1) is 22.1. The zero-order valence-electron chi connectivity index (χ0n) is 18.2. The van der Waals surface area contributed by atoms with Crippen LogP contribution in [0.4, 0.5) is 5.82 Å². The number of rotatable bonds is 5. The van der Waals surface area contributed by atoms with Gasteiger partial charge in [-0.1, -0.05) is 20.8 Å². The van der Waals surface area contributed by atoms with E-state index in [1.807, 2.05) is 0 Å². The Labute approximate surface area is 176 Å². The fourth-order valence-corrected chi connectivity index (χ4v) is 4.48. The summed E-state index contributed by atoms with van der Waals surface area (Å²) in [6.07, 6.45) is 2.10. The molecule has 0 bridgehead atoms. The quantitative estimate of drug-likeness (QED) is 0.557. The molecule has 1 aliphatic heterocycles. The van der Waals surface area contributed by atoms with E-state index in [4.69, 9.17) is 19.6 Å². The van der Waals surface area contributed by atoms with Crippen molar-refractivity contribution in [3.05, 3.63) is 12.7 Å². The molecule has 162 valence electrons. The lowest BCUT2D eigenvalue weighted by atomic mass is 10.00. The van der Waals surface area contributed by atoms with E-state index in [1.165, 1.54) is 13.3 Å². The number of carbonyl (C=O) groups excluding carboxylic acids is 1. The van der Waals surface area contributed by atoms with Gasteiger partial charge in [0.05, 0.1) is 12.4 Å². The minimum absolute atomic E-state index is 0.0723. The van der Waals surface area contributed by atoms with Crippen LogP contribution in [0.3, 0.4) is 0 Å². The van der Waals surface area contributed by atoms with Crippen molar-refractivity contribution in [1.82, 2.24) is 19.5 Å². The van der Waals surface area contributed by atoms with E-state index in [1.54, 1.807) is 10.9 Å². The molecule has 10 nitrogen and oxygen atoms in total. The molecule has 2 aromatic rings. The molecule has 1 saturated heterocycles. The van der Waals surface area contributed by atoms with Gasteiger partial charge in [-0.2, -0.15) is 5.26 Å². The molecular formula is C19H28N6O4Si. The summed E-state index contributed by atoms with van der Waals surface area (Å²) in [6.45, 7) is 11.6. The zero-order valence-corrected chi connectivity index (χ0v) is 19.2. The Balaban J connectivity index is 1.99. The second kappa shape index (κ2) is 7.61. The predicted molar refractivity (Wildman–Crippen MR) is 112 cm³/mol. The summed E-state index contributed by atoms with van der Waals surface area (Å²) in [4.78, 5) is 24.0. The van der Waals surface area contributed by atoms with Crippen molar-refractivity contribution in [2.75, 3.05) is 12.3 Å². The number of nitrogens with zero attached hydrogens (tertiary/aromatic N) is 5. The van der Waals surface area contributed by atoms with E-state index in [0.717, 1.165) is 0 Å². The van der Waals surface area contributed by atoms with Crippen molar-refractivity contribution in [1.29, 1.82) is 5.26 Å². The maximum atomic E-state index is 11.5. The van der Waals surface area contributed by atoms with Gasteiger partial charge in [0.25, 0.3) is 0 Å². The van der Waals surface area contributed by atoms with Gasteiger partial charge in [0.1, 0.15) is 30.7 Å². The van der Waals surface area contributed by atoms with Gasteiger partial charge < -0.3 is 19.6 Å². The summed E-state index contributed by atoms with van der Waals surface area (Å²) in [5.41, 5.74) is 5.40. The maximum Gasteiger partial charge on any atom is 0.302 e. The molecule has 0 spiro atoms. The zero-order chi connectivity index (χ0) is 22.3. The molecule has 2 N–H and O–H groups in total. The number of hydrogen-bond donors (Lipinski definition) is 1. The van der Waals surface area contributed by atoms with Crippen LogP contribution in [0.15, 0.2) is 12.7 Å². The van der Waals surface area contributed by atoms with Crippen molar-refractivity contribution >= 4 is 31.3 Å². The highest BCUT2D eigenvalue weighted by atomic mass is 28.4. The Kier molecular flexibility index (Phi) is 5.61. The average Bonchev–Trinajstić information content (AvgIpc) is 3.22. The summed E-state index contributed by atoms with van der Waals surface area (Å²) in [5, 5.41) is 10.00. The van der Waals surface area contributed by atoms with E-state index >= 15 is 0 Å². The highest BCUT2D eigenvalue weighted by Crippen LogP contribution is 2.45. The standard InChI is InChI=1S/C19H28N6O4Si/c1-12(26)27-9-19(8-20)13(29-30(5,6)18(2,3)4)7-14(28-19)25-11-24-15-16(21)22-10-23-17(15)25/h10-11,13-14H,7,9H2,1-6H3,(H2,21,22,23)/t13?,14-,19-/m1/s1. The first-order chi connectivity index (χ1) is 13.9. The van der Waals surface area contributed by atoms with Crippen LogP contribution in [0.2, 0.25) is 18.1 Å². The number of nitrogen functional groups attached to an aromatic ring is 1. The van der Waals surface area contributed by atoms with Gasteiger partial charge in [-0.3, -0.25) is 9.36 Å². The second-order valence-corrected chi connectivity index (χ2v) is 13.8. The van der Waals surface area contributed by atoms with Gasteiger partial charge in [-0.15, -0.1) is 0 Å². The summed E-state index contributed by atoms with van der Waals surface area (Å²) in [6, 6.07) is 2.21. The molecule has 1 fully saturated rings. The topological polar surface area (TPSA) is 138 Å². The number of fused-ring (bicyclic) bond motifs is 1. The number of esters is 1. The smallest absolute Gasteiger partial charge is 0.302 e. The predicted octanol–water partition coefficient (Wildman–Crippen LogP) is 2.54. The normalized spacial score (nSPS) is 24.7. The van der Waals surface area contributed by atoms with Crippen LogP contribution in [-0.2, 0) is 18.7 Å². The van der Waals surface area contributed by atoms with Crippen molar-refractivity contribution in [3.8, 4) is 6.07 Å². The van der Waals surface area contributed by atoms with E-state index in [2.05, 4.69) is 54.9 Å². The monoisotopic (exact) mass is 432 g/mol. The molecule has 30 heavy (non-hydrogen) atoms. The molecule has 0 aliphatic carbocycles. The van der Waals surface area contributed by atoms with Gasteiger partial charge in [0, 0.05) is 13.3 Å². The Morgan fingerprint density at radius 1 is 1.43 bits per heavy atom. The second-order valence-electron chi connectivity index (χ2n) is 9.04. The number of carbonyl (C=O) groups is 1. The first-order valence-electron chi connectivity index (χ1n) is 9.73. The molecule has 3 rings (SSSR count). The van der Waals surface area contributed by atoms with Gasteiger partial charge in [-0.25, -0.2) is 15.0 Å². The number of nitrogens with two attached hydrogens (primary N) is 1. The Morgan fingerprint density at radius 2 is 2.13 bits per heavy atom. The molecule has 3 heterocycles. The van der Waals surface area contributed by atoms with E-state index in [-0.39, 0.29) is 17.5 Å². The molecule has 1 aliphatic rings. The van der Waals surface area contributed by atoms with Crippen molar-refractivity contribution in [2.45, 2.75) is 70.2 Å². The van der Waals surface area contributed by atoms with Crippen LogP contribution in [-0.4, -0.2) is 52.1 Å². The van der Waals surface area contributed by atoms with Gasteiger partial charge >= 0.3 is 5.97 Å². The SMILES string of the molecule is CC(=O)OC[C@@]1(C#N)O[C@@H](n2cnc3c(N)ncnc32)CC1O[Si](C)(C)C(C)(C)C. The Morgan fingerprint density at radius 3 is 2.73 bits per heavy atom. The molecule has 1 unspecified atom stereocenters. The van der Waals surface area contributed by atoms with Crippen LogP contribution in [0.25, 0.3) is 11.2 Å². The lowest BCUT2D eigenvalue weighted by molar-refractivity contribution is -0.153. The van der Waals surface area contributed by atoms with E-state index < -0.39 is 32.2 Å². The average molecular weight is 433 g/mol. The molecule has 0 aromatic carbocycles. The van der Waals surface area contributed by atoms with Crippen molar-refractivity contribution < 1.29 is 18.7 Å². The largest absolute Gasteiger partial charge is 0.462 e. The minimum atomic E-state index is -2.25. The number of anilines is 1. The van der Waals surface area contributed by atoms with Crippen molar-refractivity contribution in [3.63, 3.8) is 0 Å². The number of aromatic nitrogens is 4. The number of ether oxygens (including phenoxy) is 2. The lowest BCUT2D eigenvalue weighted by Crippen LogP contribution is -2.52. The van der Waals surface area contributed by atoms with Crippen LogP contribution in [0.1, 0.15) is 40.3 Å². The third-order valence-corrected chi connectivity index (χ3v) is 10.4. The van der Waals surface area contributed by atoms with Crippen LogP contribution in [0.5, 0.6) is 0 Å². The van der Waals surface area contributed by atoms with Crippen LogP contribution < -0.4 is 5.73 Å². The van der Waals surface area contributed by atoms with Crippen LogP contribution >= 0.6 is 0 Å². The third-order valence-electron chi connectivity index (χ3n) is 5.90. The van der Waals surface area contributed by atoms with Gasteiger partial charge in [0.2, 0.25) is 5.60 Å². The number of hydrogen-bond acceptors (Lipinski definition) is 9. The fourth-order valence-electron chi connectivity index (χ4n) is 3.13. The number of imidazole rings is 1. The molecule has 0 amide bonds. The van der Waals surface area contributed by atoms with E-state index in [0.29, 0.717) is 17.6 Å². The molecule has 2 aromatic heterocycles. The molecule has 3 atom stereocenters. The summed E-state index contributed by atoms with van der Waals surface area (Å²) in [7, 11) is -2.25. The molecule has 0 saturated carbocycles. The maximum absolute atomic E-state index is 11.5. The minimum Gasteiger partial charge on any atom is -0.462 e. The van der Waals surface area contributed by atoms with E-state index in [9.17, 15) is 10.1 Å². The third kappa shape index (κ3) is 3.90. The van der Waals surface area contributed by atoms with Crippen LogP contribution in [0, 0.1) is 11.3 Å². The molecule has 11 heteroatoms. The highest BCUT2D eigenvalue weighted by molar-refractivity contribution is 6.74. The fraction of sp³-hybridized carbons (Fsp3) is 0.632. The first-order valence-corrected chi connectivity index (χ1v) is 12.6. The summed E-state index contributed by atoms with van der Waals surface area (Å²) in [5.74, 6) is -0.228. The Bertz CT molecular complexity index is 995. The highest BCUT2D eigenvalue weighted by Gasteiger charge is 2.55. The number of nitriles is 1. The Hall–Kier alpha value is -2.55. The van der Waals surface area contributed by atoms with Gasteiger partial charge in [0.15, 0.2) is 19.8 Å². The molecular weight excluding hydrogens is 404 g/mol. The lowest BCUT2D eigenvalue weighted by Gasteiger charge is -2.40. The van der Waals surface area contributed by atoms with Crippen molar-refractivity contribution in [2.24, 2.45) is 0 Å². The summed E-state index contributed by atoms with van der Waals surface area (Å²) >= 11 is 0. The summed E-state index contributed by atoms with van der Waals surface area (Å²) < 4.78 is 19.7. The van der Waals surface area contributed by atoms with Gasteiger partial charge in [-0.05, 0) is 18.1 Å². The molecule has 0 radical (unpaired) electrons.